The Morgan fingerprint density at radius 3 is 2.67 bits per heavy atom. The van der Waals surface area contributed by atoms with E-state index in [-0.39, 0.29) is 12.4 Å². The van der Waals surface area contributed by atoms with Crippen molar-refractivity contribution in [1.82, 2.24) is 14.6 Å². The predicted octanol–water partition coefficient (Wildman–Crippen LogP) is 4.44. The number of nitrogens with zero attached hydrogens (tertiary/aromatic N) is 3. The van der Waals surface area contributed by atoms with Crippen molar-refractivity contribution in [2.75, 3.05) is 0 Å². The number of rotatable bonds is 3. The molecule has 3 aromatic rings. The summed E-state index contributed by atoms with van der Waals surface area (Å²) in [7, 11) is 0. The van der Waals surface area contributed by atoms with E-state index in [4.69, 9.17) is 0 Å². The maximum Gasteiger partial charge on any atom is 0.0737 e. The van der Waals surface area contributed by atoms with Crippen LogP contribution in [0.25, 0.3) is 17.7 Å². The molecule has 0 radical (unpaired) electrons. The molecule has 3 nitrogen and oxygen atoms in total. The topological polar surface area (TPSA) is 30.2 Å². The lowest BCUT2D eigenvalue weighted by atomic mass is 10.0. The number of hydrogen-bond acceptors (Lipinski definition) is 2. The van der Waals surface area contributed by atoms with Crippen molar-refractivity contribution in [3.8, 4) is 0 Å². The monoisotopic (exact) mass is 299 g/mol. The van der Waals surface area contributed by atoms with Crippen LogP contribution in [0.2, 0.25) is 0 Å². The summed E-state index contributed by atoms with van der Waals surface area (Å²) in [6.45, 7) is 4.34. The van der Waals surface area contributed by atoms with E-state index in [2.05, 4.69) is 42.1 Å². The van der Waals surface area contributed by atoms with Crippen LogP contribution < -0.4 is 0 Å². The van der Waals surface area contributed by atoms with E-state index in [0.717, 1.165) is 16.8 Å². The minimum atomic E-state index is 0. The van der Waals surface area contributed by atoms with Crippen LogP contribution in [0.15, 0.2) is 48.9 Å². The van der Waals surface area contributed by atoms with Crippen LogP contribution in [0.5, 0.6) is 0 Å². The van der Waals surface area contributed by atoms with Crippen molar-refractivity contribution in [2.24, 2.45) is 0 Å². The van der Waals surface area contributed by atoms with Crippen molar-refractivity contribution in [3.05, 3.63) is 65.7 Å². The molecule has 0 spiro atoms. The second kappa shape index (κ2) is 6.55. The molecule has 3 rings (SSSR count). The summed E-state index contributed by atoms with van der Waals surface area (Å²) in [4.78, 5) is 4.13. The van der Waals surface area contributed by atoms with E-state index < -0.39 is 0 Å². The Kier molecular flexibility index (Phi) is 4.76. The van der Waals surface area contributed by atoms with Gasteiger partial charge in [0.1, 0.15) is 0 Å². The van der Waals surface area contributed by atoms with Gasteiger partial charge in [-0.1, -0.05) is 38.1 Å². The van der Waals surface area contributed by atoms with Crippen LogP contribution in [0.4, 0.5) is 0 Å². The first-order chi connectivity index (χ1) is 9.75. The standard InChI is InChI=1S/C17H17N3.ClH/c1-13(2)17-15(9-8-14-6-5-10-18-12-14)16-7-3-4-11-20(16)19-17;/h3-13H,1-2H3;1H. The zero-order valence-electron chi connectivity index (χ0n) is 12.1. The quantitative estimate of drug-likeness (QED) is 0.715. The van der Waals surface area contributed by atoms with Gasteiger partial charge in [0.05, 0.1) is 11.2 Å². The van der Waals surface area contributed by atoms with E-state index in [9.17, 15) is 0 Å². The number of halogens is 1. The van der Waals surface area contributed by atoms with Crippen LogP contribution in [-0.4, -0.2) is 14.6 Å². The molecule has 0 amide bonds. The molecule has 0 aliphatic rings. The fraction of sp³-hybridized carbons (Fsp3) is 0.176. The van der Waals surface area contributed by atoms with Crippen molar-refractivity contribution in [2.45, 2.75) is 19.8 Å². The summed E-state index contributed by atoms with van der Waals surface area (Å²) in [5.74, 6) is 0.392. The fourth-order valence-electron chi connectivity index (χ4n) is 2.29. The van der Waals surface area contributed by atoms with Crippen LogP contribution in [0.3, 0.4) is 0 Å². The Balaban J connectivity index is 0.00000161. The molecule has 0 aromatic carbocycles. The zero-order valence-corrected chi connectivity index (χ0v) is 12.9. The second-order valence-electron chi connectivity index (χ2n) is 5.10. The largest absolute Gasteiger partial charge is 0.264 e. The fourth-order valence-corrected chi connectivity index (χ4v) is 2.29. The van der Waals surface area contributed by atoms with Gasteiger partial charge in [-0.05, 0) is 29.7 Å². The van der Waals surface area contributed by atoms with Gasteiger partial charge in [-0.25, -0.2) is 4.52 Å². The van der Waals surface area contributed by atoms with Crippen molar-refractivity contribution in [1.29, 1.82) is 0 Å². The van der Waals surface area contributed by atoms with E-state index in [0.29, 0.717) is 5.92 Å². The van der Waals surface area contributed by atoms with E-state index >= 15 is 0 Å². The lowest BCUT2D eigenvalue weighted by molar-refractivity contribution is 0.787. The van der Waals surface area contributed by atoms with Crippen LogP contribution in [0, 0.1) is 0 Å². The molecule has 0 aliphatic heterocycles. The molecular formula is C17H18ClN3. The molecule has 0 saturated heterocycles. The normalized spacial score (nSPS) is 11.2. The maximum atomic E-state index is 4.67. The third-order valence-electron chi connectivity index (χ3n) is 3.28. The Labute approximate surface area is 130 Å². The summed E-state index contributed by atoms with van der Waals surface area (Å²) in [5, 5.41) is 4.67. The lowest BCUT2D eigenvalue weighted by Gasteiger charge is -2.01. The SMILES string of the molecule is CC(C)c1nn2ccccc2c1C=Cc1cccnc1.Cl. The van der Waals surface area contributed by atoms with Crippen molar-refractivity contribution < 1.29 is 0 Å². The molecule has 3 heterocycles. The van der Waals surface area contributed by atoms with E-state index in [1.54, 1.807) is 6.20 Å². The summed E-state index contributed by atoms with van der Waals surface area (Å²) < 4.78 is 1.94. The molecule has 4 heteroatoms. The predicted molar refractivity (Wildman–Crippen MR) is 89.7 cm³/mol. The Morgan fingerprint density at radius 2 is 1.95 bits per heavy atom. The molecule has 3 aromatic heterocycles. The van der Waals surface area contributed by atoms with Crippen LogP contribution in [-0.2, 0) is 0 Å². The second-order valence-corrected chi connectivity index (χ2v) is 5.10. The van der Waals surface area contributed by atoms with E-state index in [1.807, 2.05) is 41.2 Å². The van der Waals surface area contributed by atoms with Gasteiger partial charge in [-0.2, -0.15) is 5.10 Å². The van der Waals surface area contributed by atoms with Crippen molar-refractivity contribution in [3.63, 3.8) is 0 Å². The minimum absolute atomic E-state index is 0. The number of hydrogen-bond donors (Lipinski definition) is 0. The lowest BCUT2D eigenvalue weighted by Crippen LogP contribution is -1.91. The average Bonchev–Trinajstić information content (AvgIpc) is 2.85. The molecule has 0 atom stereocenters. The molecule has 0 bridgehead atoms. The molecule has 21 heavy (non-hydrogen) atoms. The Bertz CT molecular complexity index is 745. The number of aromatic nitrogens is 3. The molecule has 0 fully saturated rings. The van der Waals surface area contributed by atoms with Crippen molar-refractivity contribution >= 4 is 30.1 Å². The average molecular weight is 300 g/mol. The Morgan fingerprint density at radius 1 is 1.10 bits per heavy atom. The summed E-state index contributed by atoms with van der Waals surface area (Å²) in [6, 6.07) is 10.1. The third kappa shape index (κ3) is 3.14. The first-order valence-corrected chi connectivity index (χ1v) is 6.81. The summed E-state index contributed by atoms with van der Waals surface area (Å²) in [6.07, 6.45) is 9.85. The van der Waals surface area contributed by atoms with Gasteiger partial charge in [0.2, 0.25) is 0 Å². The smallest absolute Gasteiger partial charge is 0.0737 e. The summed E-state index contributed by atoms with van der Waals surface area (Å²) in [5.41, 5.74) is 4.54. The van der Waals surface area contributed by atoms with Gasteiger partial charge in [0.25, 0.3) is 0 Å². The van der Waals surface area contributed by atoms with Crippen LogP contribution >= 0.6 is 12.4 Å². The number of fused-ring (bicyclic) bond motifs is 1. The van der Waals surface area contributed by atoms with Crippen LogP contribution in [0.1, 0.15) is 36.6 Å². The third-order valence-corrected chi connectivity index (χ3v) is 3.28. The van der Waals surface area contributed by atoms with Gasteiger partial charge in [-0.15, -0.1) is 12.4 Å². The summed E-state index contributed by atoms with van der Waals surface area (Å²) >= 11 is 0. The highest BCUT2D eigenvalue weighted by atomic mass is 35.5. The highest BCUT2D eigenvalue weighted by molar-refractivity contribution is 5.85. The van der Waals surface area contributed by atoms with Gasteiger partial charge in [0, 0.05) is 24.2 Å². The number of pyridine rings is 2. The highest BCUT2D eigenvalue weighted by Gasteiger charge is 2.12. The van der Waals surface area contributed by atoms with Gasteiger partial charge in [0.15, 0.2) is 0 Å². The maximum absolute atomic E-state index is 4.67. The van der Waals surface area contributed by atoms with E-state index in [1.165, 1.54) is 5.56 Å². The first-order valence-electron chi connectivity index (χ1n) is 6.81. The molecule has 108 valence electrons. The molecule has 0 unspecified atom stereocenters. The first kappa shape index (κ1) is 15.3. The molecule has 0 aliphatic carbocycles. The molecular weight excluding hydrogens is 282 g/mol. The zero-order chi connectivity index (χ0) is 13.9. The molecule has 0 N–H and O–H groups in total. The minimum Gasteiger partial charge on any atom is -0.264 e. The Hall–Kier alpha value is -2.13. The van der Waals surface area contributed by atoms with Gasteiger partial charge in [-0.3, -0.25) is 4.98 Å². The molecule has 0 saturated carbocycles. The van der Waals surface area contributed by atoms with Gasteiger partial charge >= 0.3 is 0 Å². The van der Waals surface area contributed by atoms with Gasteiger partial charge < -0.3 is 0 Å². The highest BCUT2D eigenvalue weighted by Crippen LogP contribution is 2.24.